The van der Waals surface area contributed by atoms with Crippen LogP contribution in [0.5, 0.6) is 0 Å². The lowest BCUT2D eigenvalue weighted by atomic mass is 9.93. The van der Waals surface area contributed by atoms with Crippen LogP contribution in [0.25, 0.3) is 43.6 Å². The summed E-state index contributed by atoms with van der Waals surface area (Å²) in [6, 6.07) is 24.4. The van der Waals surface area contributed by atoms with Gasteiger partial charge in [0, 0.05) is 46.1 Å². The van der Waals surface area contributed by atoms with Crippen LogP contribution in [0.1, 0.15) is 41.9 Å². The second-order valence-electron chi connectivity index (χ2n) is 11.5. The molecule has 44 heavy (non-hydrogen) atoms. The molecule has 1 unspecified atom stereocenters. The van der Waals surface area contributed by atoms with E-state index in [1.165, 1.54) is 23.8 Å². The second kappa shape index (κ2) is 12.3. The smallest absolute Gasteiger partial charge is 0.261 e. The highest BCUT2D eigenvalue weighted by molar-refractivity contribution is 7.91. The summed E-state index contributed by atoms with van der Waals surface area (Å²) in [7, 11) is -6.54. The van der Waals surface area contributed by atoms with E-state index in [-0.39, 0.29) is 28.5 Å². The Morgan fingerprint density at radius 1 is 0.818 bits per heavy atom. The third-order valence-electron chi connectivity index (χ3n) is 7.25. The van der Waals surface area contributed by atoms with E-state index >= 15 is 0 Å². The molecule has 7 nitrogen and oxygen atoms in total. The molecule has 1 N–H and O–H groups in total. The molecule has 5 rings (SSSR count). The van der Waals surface area contributed by atoms with Crippen LogP contribution >= 0.6 is 11.3 Å². The summed E-state index contributed by atoms with van der Waals surface area (Å²) in [6.07, 6.45) is 4.17. The molecule has 10 heteroatoms. The summed E-state index contributed by atoms with van der Waals surface area (Å²) in [5, 5.41) is 3.88. The monoisotopic (exact) mass is 646 g/mol. The number of benzene rings is 3. The number of sulfone groups is 2. The van der Waals surface area contributed by atoms with Crippen LogP contribution in [0.15, 0.2) is 90.0 Å². The average molecular weight is 647 g/mol. The van der Waals surface area contributed by atoms with E-state index in [2.05, 4.69) is 16.4 Å². The summed E-state index contributed by atoms with van der Waals surface area (Å²) in [6.45, 7) is 5.73. The minimum atomic E-state index is -3.36. The highest BCUT2D eigenvalue weighted by Crippen LogP contribution is 2.42. The molecular formula is C34H34N2O5S3. The number of nitrogens with one attached hydrogen (secondary N) is 1. The van der Waals surface area contributed by atoms with Crippen molar-refractivity contribution in [2.24, 2.45) is 0 Å². The van der Waals surface area contributed by atoms with E-state index in [1.54, 1.807) is 30.5 Å². The first kappa shape index (κ1) is 31.6. The van der Waals surface area contributed by atoms with Gasteiger partial charge in [-0.15, -0.1) is 11.3 Å². The van der Waals surface area contributed by atoms with Gasteiger partial charge in [0.05, 0.1) is 21.0 Å². The number of fused-ring (bicyclic) bond motifs is 1. The van der Waals surface area contributed by atoms with Gasteiger partial charge in [-0.2, -0.15) is 0 Å². The van der Waals surface area contributed by atoms with E-state index < -0.39 is 19.7 Å². The van der Waals surface area contributed by atoms with Crippen molar-refractivity contribution in [2.75, 3.05) is 18.3 Å². The van der Waals surface area contributed by atoms with Crippen LogP contribution in [0.3, 0.4) is 0 Å². The maximum atomic E-state index is 13.1. The molecule has 0 radical (unpaired) electrons. The van der Waals surface area contributed by atoms with Crippen molar-refractivity contribution in [3.05, 3.63) is 95.5 Å². The van der Waals surface area contributed by atoms with Crippen molar-refractivity contribution in [1.82, 2.24) is 10.3 Å². The van der Waals surface area contributed by atoms with E-state index in [0.717, 1.165) is 49.2 Å². The molecule has 0 saturated carbocycles. The summed E-state index contributed by atoms with van der Waals surface area (Å²) in [5.41, 5.74) is 6.00. The molecule has 0 saturated heterocycles. The maximum absolute atomic E-state index is 13.1. The van der Waals surface area contributed by atoms with Gasteiger partial charge in [0.1, 0.15) is 9.84 Å². The standard InChI is InChI=1S/C34H34N2O5S3/c1-21(2)36-34(37)31-19-30(23-11-13-28(14-12-23)44(5,40)41)33(42-31)26-9-6-8-24(16-26)29-18-27(22(3)20-43(4,38)39)17-25-10-7-15-35-32(25)29/h6-19,21-22H,20H2,1-5H3,(H,36,37). The van der Waals surface area contributed by atoms with E-state index in [0.29, 0.717) is 4.88 Å². The first-order valence-electron chi connectivity index (χ1n) is 14.1. The number of hydrogen-bond donors (Lipinski definition) is 1. The zero-order valence-electron chi connectivity index (χ0n) is 25.2. The third kappa shape index (κ3) is 7.09. The Bertz CT molecular complexity index is 2080. The highest BCUT2D eigenvalue weighted by atomic mass is 32.2. The number of carbonyl (C=O) groups is 1. The van der Waals surface area contributed by atoms with Gasteiger partial charge in [0.15, 0.2) is 9.84 Å². The molecule has 0 fully saturated rings. The Hall–Kier alpha value is -3.86. The molecule has 5 aromatic rings. The molecule has 3 aromatic carbocycles. The van der Waals surface area contributed by atoms with Crippen molar-refractivity contribution in [2.45, 2.75) is 37.6 Å². The molecule has 2 heterocycles. The first-order valence-corrected chi connectivity index (χ1v) is 18.9. The minimum absolute atomic E-state index is 0.0352. The number of thiophene rings is 1. The topological polar surface area (TPSA) is 110 Å². The molecule has 0 aliphatic rings. The van der Waals surface area contributed by atoms with Gasteiger partial charge in [-0.1, -0.05) is 43.3 Å². The van der Waals surface area contributed by atoms with Crippen molar-refractivity contribution in [3.63, 3.8) is 0 Å². The minimum Gasteiger partial charge on any atom is -0.349 e. The highest BCUT2D eigenvalue weighted by Gasteiger charge is 2.20. The Morgan fingerprint density at radius 3 is 2.18 bits per heavy atom. The van der Waals surface area contributed by atoms with Gasteiger partial charge in [0.25, 0.3) is 5.91 Å². The van der Waals surface area contributed by atoms with Crippen molar-refractivity contribution in [1.29, 1.82) is 0 Å². The van der Waals surface area contributed by atoms with Crippen molar-refractivity contribution < 1.29 is 21.6 Å². The first-order chi connectivity index (χ1) is 20.7. The van der Waals surface area contributed by atoms with Crippen LogP contribution in [0.2, 0.25) is 0 Å². The normalized spacial score (nSPS) is 12.9. The fourth-order valence-corrected chi connectivity index (χ4v) is 8.06. The van der Waals surface area contributed by atoms with Crippen LogP contribution in [0.4, 0.5) is 0 Å². The quantitative estimate of drug-likeness (QED) is 0.185. The SMILES string of the molecule is CC(C)NC(=O)c1cc(-c2ccc(S(C)(=O)=O)cc2)c(-c2cccc(-c3cc(C(C)CS(C)(=O)=O)cc4cccnc34)c2)s1. The molecule has 228 valence electrons. The molecular weight excluding hydrogens is 613 g/mol. The Labute approximate surface area is 262 Å². The molecule has 1 atom stereocenters. The number of nitrogens with zero attached hydrogens (tertiary/aromatic N) is 1. The van der Waals surface area contributed by atoms with Crippen LogP contribution in [0, 0.1) is 0 Å². The number of carbonyl (C=O) groups excluding carboxylic acids is 1. The number of amides is 1. The maximum Gasteiger partial charge on any atom is 0.261 e. The van der Waals surface area contributed by atoms with Gasteiger partial charge in [-0.3, -0.25) is 9.78 Å². The third-order valence-corrected chi connectivity index (χ3v) is 10.7. The van der Waals surface area contributed by atoms with Crippen molar-refractivity contribution >= 4 is 47.8 Å². The zero-order chi connectivity index (χ0) is 31.8. The lowest BCUT2D eigenvalue weighted by Gasteiger charge is -2.15. The van der Waals surface area contributed by atoms with E-state index in [4.69, 9.17) is 0 Å². The Morgan fingerprint density at radius 2 is 1.52 bits per heavy atom. The van der Waals surface area contributed by atoms with Crippen LogP contribution in [-0.2, 0) is 19.7 Å². The van der Waals surface area contributed by atoms with Gasteiger partial charge in [-0.25, -0.2) is 16.8 Å². The van der Waals surface area contributed by atoms with Crippen LogP contribution < -0.4 is 5.32 Å². The molecule has 0 spiro atoms. The Kier molecular flexibility index (Phi) is 8.80. The average Bonchev–Trinajstić information content (AvgIpc) is 3.41. The number of rotatable bonds is 9. The molecule has 0 aliphatic carbocycles. The lowest BCUT2D eigenvalue weighted by Crippen LogP contribution is -2.29. The van der Waals surface area contributed by atoms with Gasteiger partial charge in [-0.05, 0) is 84.5 Å². The molecule has 0 aliphatic heterocycles. The van der Waals surface area contributed by atoms with E-state index in [1.807, 2.05) is 69.3 Å². The summed E-state index contributed by atoms with van der Waals surface area (Å²) in [5.74, 6) is -0.350. The summed E-state index contributed by atoms with van der Waals surface area (Å²) >= 11 is 1.38. The second-order valence-corrected chi connectivity index (χ2v) is 16.7. The fourth-order valence-electron chi connectivity index (χ4n) is 5.25. The molecule has 0 bridgehead atoms. The van der Waals surface area contributed by atoms with Crippen LogP contribution in [-0.4, -0.2) is 52.0 Å². The van der Waals surface area contributed by atoms with Crippen molar-refractivity contribution in [3.8, 4) is 32.7 Å². The lowest BCUT2D eigenvalue weighted by molar-refractivity contribution is 0.0947. The number of hydrogen-bond acceptors (Lipinski definition) is 7. The number of aromatic nitrogens is 1. The summed E-state index contributed by atoms with van der Waals surface area (Å²) in [4.78, 5) is 19.4. The van der Waals surface area contributed by atoms with Gasteiger partial charge >= 0.3 is 0 Å². The molecule has 2 aromatic heterocycles. The predicted octanol–water partition coefficient (Wildman–Crippen LogP) is 6.99. The predicted molar refractivity (Wildman–Crippen MR) is 180 cm³/mol. The van der Waals surface area contributed by atoms with Gasteiger partial charge in [0.2, 0.25) is 0 Å². The van der Waals surface area contributed by atoms with Gasteiger partial charge < -0.3 is 5.32 Å². The Balaban J connectivity index is 1.66. The molecule has 1 amide bonds. The number of pyridine rings is 1. The fraction of sp³-hybridized carbons (Fsp3) is 0.235. The summed E-state index contributed by atoms with van der Waals surface area (Å²) < 4.78 is 48.3. The zero-order valence-corrected chi connectivity index (χ0v) is 27.6. The largest absolute Gasteiger partial charge is 0.349 e. The van der Waals surface area contributed by atoms with E-state index in [9.17, 15) is 21.6 Å².